The molecule has 0 aliphatic rings. The summed E-state index contributed by atoms with van der Waals surface area (Å²) >= 11 is 0. The average Bonchev–Trinajstić information content (AvgIpc) is 2.45. The molecule has 0 unspecified atom stereocenters. The van der Waals surface area contributed by atoms with Gasteiger partial charge in [-0.2, -0.15) is 0 Å². The molecule has 0 bridgehead atoms. The number of aryl methyl sites for hydroxylation is 2. The van der Waals surface area contributed by atoms with Gasteiger partial charge in [0.2, 0.25) is 0 Å². The van der Waals surface area contributed by atoms with E-state index in [4.69, 9.17) is 9.47 Å². The minimum absolute atomic E-state index is 0.129. The Hall–Kier alpha value is -1.55. The molecule has 4 heteroatoms. The molecule has 0 aromatic heterocycles. The third kappa shape index (κ3) is 7.14. The summed E-state index contributed by atoms with van der Waals surface area (Å²) in [6.07, 6.45) is 1.38. The van der Waals surface area contributed by atoms with E-state index < -0.39 is 0 Å². The van der Waals surface area contributed by atoms with Crippen molar-refractivity contribution in [3.8, 4) is 5.75 Å². The van der Waals surface area contributed by atoms with E-state index in [0.29, 0.717) is 19.6 Å². The molecular weight excluding hydrogens is 266 g/mol. The van der Waals surface area contributed by atoms with E-state index in [0.717, 1.165) is 30.8 Å². The van der Waals surface area contributed by atoms with Crippen molar-refractivity contribution in [2.45, 2.75) is 33.6 Å². The Labute approximate surface area is 128 Å². The van der Waals surface area contributed by atoms with Crippen LogP contribution in [0.4, 0.5) is 0 Å². The summed E-state index contributed by atoms with van der Waals surface area (Å²) in [6, 6.07) is 6.24. The third-order valence-electron chi connectivity index (χ3n) is 3.29. The second kappa shape index (κ2) is 9.40. The zero-order chi connectivity index (χ0) is 15.7. The molecule has 0 aliphatic carbocycles. The van der Waals surface area contributed by atoms with Crippen LogP contribution in [-0.4, -0.2) is 44.2 Å². The van der Waals surface area contributed by atoms with Gasteiger partial charge < -0.3 is 14.4 Å². The highest BCUT2D eigenvalue weighted by molar-refractivity contribution is 5.69. The van der Waals surface area contributed by atoms with Crippen LogP contribution in [-0.2, 0) is 9.53 Å². The van der Waals surface area contributed by atoms with E-state index in [9.17, 15) is 4.79 Å². The average molecular weight is 293 g/mol. The van der Waals surface area contributed by atoms with E-state index >= 15 is 0 Å². The lowest BCUT2D eigenvalue weighted by Gasteiger charge is -2.16. The molecule has 1 aromatic carbocycles. The fourth-order valence-electron chi connectivity index (χ4n) is 2.01. The first-order valence-electron chi connectivity index (χ1n) is 7.57. The molecule has 21 heavy (non-hydrogen) atoms. The van der Waals surface area contributed by atoms with E-state index in [-0.39, 0.29) is 5.97 Å². The number of carbonyl (C=O) groups is 1. The first-order valence-corrected chi connectivity index (χ1v) is 7.57. The highest BCUT2D eigenvalue weighted by Crippen LogP contribution is 2.19. The van der Waals surface area contributed by atoms with E-state index in [1.54, 1.807) is 0 Å². The normalized spacial score (nSPS) is 10.7. The number of hydrogen-bond acceptors (Lipinski definition) is 4. The predicted octanol–water partition coefficient (Wildman–Crippen LogP) is 2.96. The van der Waals surface area contributed by atoms with Crippen LogP contribution in [0.1, 0.15) is 30.9 Å². The van der Waals surface area contributed by atoms with Crippen LogP contribution < -0.4 is 4.74 Å². The first kappa shape index (κ1) is 17.5. The lowest BCUT2D eigenvalue weighted by Crippen LogP contribution is -2.24. The summed E-state index contributed by atoms with van der Waals surface area (Å²) in [5.41, 5.74) is 2.37. The molecule has 0 fully saturated rings. The number of esters is 1. The number of carbonyl (C=O) groups excluding carboxylic acids is 1. The molecule has 0 N–H and O–H groups in total. The molecule has 0 heterocycles. The van der Waals surface area contributed by atoms with Crippen molar-refractivity contribution < 1.29 is 14.3 Å². The minimum atomic E-state index is -0.129. The van der Waals surface area contributed by atoms with Crippen LogP contribution in [0.2, 0.25) is 0 Å². The number of benzene rings is 1. The van der Waals surface area contributed by atoms with Crippen molar-refractivity contribution in [2.75, 3.05) is 33.4 Å². The maximum absolute atomic E-state index is 11.3. The van der Waals surface area contributed by atoms with Gasteiger partial charge in [-0.25, -0.2) is 0 Å². The number of hydrogen-bond donors (Lipinski definition) is 0. The number of nitrogens with zero attached hydrogens (tertiary/aromatic N) is 1. The quantitative estimate of drug-likeness (QED) is 0.518. The van der Waals surface area contributed by atoms with Crippen molar-refractivity contribution in [1.29, 1.82) is 0 Å². The Morgan fingerprint density at radius 3 is 2.71 bits per heavy atom. The van der Waals surface area contributed by atoms with E-state index in [1.807, 2.05) is 14.0 Å². The van der Waals surface area contributed by atoms with Gasteiger partial charge >= 0.3 is 5.97 Å². The molecule has 4 nitrogen and oxygen atoms in total. The molecule has 0 radical (unpaired) electrons. The fourth-order valence-corrected chi connectivity index (χ4v) is 2.01. The molecular formula is C17H27NO3. The summed E-state index contributed by atoms with van der Waals surface area (Å²) in [6.45, 7) is 8.72. The Morgan fingerprint density at radius 1 is 1.24 bits per heavy atom. The summed E-state index contributed by atoms with van der Waals surface area (Å²) in [7, 11) is 2.01. The number of ether oxygens (including phenoxy) is 2. The predicted molar refractivity (Wildman–Crippen MR) is 84.8 cm³/mol. The van der Waals surface area contributed by atoms with Crippen LogP contribution in [0.5, 0.6) is 5.75 Å². The summed E-state index contributed by atoms with van der Waals surface area (Å²) < 4.78 is 10.7. The minimum Gasteiger partial charge on any atom is -0.493 e. The Bertz CT molecular complexity index is 446. The smallest absolute Gasteiger partial charge is 0.307 e. The number of rotatable bonds is 9. The lowest BCUT2D eigenvalue weighted by atomic mass is 10.1. The molecule has 0 atom stereocenters. The Kier molecular flexibility index (Phi) is 7.83. The van der Waals surface area contributed by atoms with E-state index in [1.165, 1.54) is 5.56 Å². The van der Waals surface area contributed by atoms with Gasteiger partial charge in [0, 0.05) is 13.1 Å². The highest BCUT2D eigenvalue weighted by Gasteiger charge is 2.05. The molecule has 0 aliphatic heterocycles. The molecule has 118 valence electrons. The monoisotopic (exact) mass is 293 g/mol. The summed E-state index contributed by atoms with van der Waals surface area (Å²) in [5, 5.41) is 0. The van der Waals surface area contributed by atoms with Crippen LogP contribution in [0.15, 0.2) is 18.2 Å². The third-order valence-corrected chi connectivity index (χ3v) is 3.29. The maximum Gasteiger partial charge on any atom is 0.307 e. The van der Waals surface area contributed by atoms with Crippen LogP contribution >= 0.6 is 0 Å². The van der Waals surface area contributed by atoms with Gasteiger partial charge in [-0.1, -0.05) is 12.1 Å². The van der Waals surface area contributed by atoms with Crippen molar-refractivity contribution in [1.82, 2.24) is 4.90 Å². The second-order valence-electron chi connectivity index (χ2n) is 5.33. The fraction of sp³-hybridized carbons (Fsp3) is 0.588. The molecule has 0 saturated carbocycles. The molecule has 1 aromatic rings. The maximum atomic E-state index is 11.3. The van der Waals surface area contributed by atoms with E-state index in [2.05, 4.69) is 36.9 Å². The van der Waals surface area contributed by atoms with Crippen molar-refractivity contribution >= 4 is 5.97 Å². The first-order chi connectivity index (χ1) is 10.0. The van der Waals surface area contributed by atoms with Gasteiger partial charge in [0.15, 0.2) is 0 Å². The van der Waals surface area contributed by atoms with Crippen molar-refractivity contribution in [2.24, 2.45) is 0 Å². The van der Waals surface area contributed by atoms with Crippen molar-refractivity contribution in [3.63, 3.8) is 0 Å². The largest absolute Gasteiger partial charge is 0.493 e. The Balaban J connectivity index is 2.18. The topological polar surface area (TPSA) is 38.8 Å². The molecule has 0 amide bonds. The van der Waals surface area contributed by atoms with Crippen LogP contribution in [0.3, 0.4) is 0 Å². The summed E-state index contributed by atoms with van der Waals surface area (Å²) in [5.74, 6) is 0.833. The molecule has 0 saturated heterocycles. The van der Waals surface area contributed by atoms with Crippen LogP contribution in [0, 0.1) is 13.8 Å². The standard InChI is InChI=1S/C17H27NO3/c1-5-20-17(19)9-11-18(4)10-6-12-21-16-13-14(2)7-8-15(16)3/h7-8,13H,5-6,9-12H2,1-4H3. The van der Waals surface area contributed by atoms with Gasteiger partial charge in [-0.15, -0.1) is 0 Å². The molecule has 0 spiro atoms. The van der Waals surface area contributed by atoms with Gasteiger partial charge in [0.1, 0.15) is 5.75 Å². The second-order valence-corrected chi connectivity index (χ2v) is 5.33. The van der Waals surface area contributed by atoms with Gasteiger partial charge in [0.25, 0.3) is 0 Å². The van der Waals surface area contributed by atoms with Gasteiger partial charge in [0.05, 0.1) is 19.6 Å². The van der Waals surface area contributed by atoms with Gasteiger partial charge in [-0.05, 0) is 51.4 Å². The zero-order valence-electron chi connectivity index (χ0n) is 13.6. The lowest BCUT2D eigenvalue weighted by molar-refractivity contribution is -0.143. The SMILES string of the molecule is CCOC(=O)CCN(C)CCCOc1cc(C)ccc1C. The van der Waals surface area contributed by atoms with Crippen molar-refractivity contribution in [3.05, 3.63) is 29.3 Å². The van der Waals surface area contributed by atoms with Gasteiger partial charge in [-0.3, -0.25) is 4.79 Å². The molecule has 1 rings (SSSR count). The van der Waals surface area contributed by atoms with Crippen LogP contribution in [0.25, 0.3) is 0 Å². The zero-order valence-corrected chi connectivity index (χ0v) is 13.6. The summed E-state index contributed by atoms with van der Waals surface area (Å²) in [4.78, 5) is 13.4. The highest BCUT2D eigenvalue weighted by atomic mass is 16.5. The Morgan fingerprint density at radius 2 is 2.00 bits per heavy atom.